The Morgan fingerprint density at radius 2 is 1.91 bits per heavy atom. The zero-order valence-electron chi connectivity index (χ0n) is 12.9. The lowest BCUT2D eigenvalue weighted by atomic mass is 10.1. The lowest BCUT2D eigenvalue weighted by molar-refractivity contribution is -0.129. The number of carbonyl (C=O) groups is 1. The number of benzene rings is 1. The summed E-state index contributed by atoms with van der Waals surface area (Å²) in [5.74, 6) is 0.945. The van der Waals surface area contributed by atoms with Crippen molar-refractivity contribution in [3.8, 4) is 0 Å². The maximum Gasteiger partial charge on any atom is 0.277 e. The summed E-state index contributed by atoms with van der Waals surface area (Å²) in [4.78, 5) is 14.0. The Hall–Kier alpha value is -2.08. The Morgan fingerprint density at radius 1 is 1.13 bits per heavy atom. The minimum Gasteiger partial charge on any atom is -0.412 e. The summed E-state index contributed by atoms with van der Waals surface area (Å²) in [5, 5.41) is 8.38. The van der Waals surface area contributed by atoms with Gasteiger partial charge in [0.05, 0.1) is 5.75 Å². The molecule has 2 heterocycles. The van der Waals surface area contributed by atoms with E-state index in [-0.39, 0.29) is 5.91 Å². The topological polar surface area (TPSA) is 59.2 Å². The van der Waals surface area contributed by atoms with Crippen LogP contribution in [0.4, 0.5) is 0 Å². The van der Waals surface area contributed by atoms with Crippen molar-refractivity contribution in [2.45, 2.75) is 24.5 Å². The van der Waals surface area contributed by atoms with Crippen LogP contribution in [-0.4, -0.2) is 39.8 Å². The largest absolute Gasteiger partial charge is 0.412 e. The summed E-state index contributed by atoms with van der Waals surface area (Å²) < 4.78 is 5.53. The highest BCUT2D eigenvalue weighted by molar-refractivity contribution is 7.99. The molecule has 0 N–H and O–H groups in total. The van der Waals surface area contributed by atoms with Crippen LogP contribution in [0, 0.1) is 0 Å². The van der Waals surface area contributed by atoms with Gasteiger partial charge in [0.15, 0.2) is 0 Å². The average molecular weight is 329 g/mol. The number of hydrogen-bond donors (Lipinski definition) is 0. The van der Waals surface area contributed by atoms with Crippen molar-refractivity contribution in [2.75, 3.05) is 18.8 Å². The van der Waals surface area contributed by atoms with Crippen molar-refractivity contribution >= 4 is 29.8 Å². The minimum atomic E-state index is 0.147. The van der Waals surface area contributed by atoms with Crippen LogP contribution in [-0.2, 0) is 4.79 Å². The van der Waals surface area contributed by atoms with E-state index >= 15 is 0 Å². The molecule has 6 heteroatoms. The third kappa shape index (κ3) is 4.69. The van der Waals surface area contributed by atoms with Gasteiger partial charge in [-0.2, -0.15) is 0 Å². The fraction of sp³-hybridized carbons (Fsp3) is 0.353. The first-order valence-electron chi connectivity index (χ1n) is 7.78. The standard InChI is InChI=1S/C17H19N3O2S/c21-16(20-11-5-2-6-12-20)13-23-17-19-18-15(22-17)10-9-14-7-3-1-4-8-14/h1,3-4,7-10H,2,5-6,11-13H2/b10-9+. The van der Waals surface area contributed by atoms with Crippen LogP contribution in [0.15, 0.2) is 40.0 Å². The second-order valence-electron chi connectivity index (χ2n) is 5.38. The van der Waals surface area contributed by atoms with E-state index in [0.29, 0.717) is 16.9 Å². The molecule has 1 aromatic carbocycles. The van der Waals surface area contributed by atoms with E-state index in [1.807, 2.05) is 41.3 Å². The van der Waals surface area contributed by atoms with Gasteiger partial charge in [0.2, 0.25) is 11.8 Å². The fourth-order valence-electron chi connectivity index (χ4n) is 2.44. The van der Waals surface area contributed by atoms with Crippen molar-refractivity contribution in [1.82, 2.24) is 15.1 Å². The third-order valence-electron chi connectivity index (χ3n) is 3.67. The number of thioether (sulfide) groups is 1. The molecule has 0 aliphatic carbocycles. The smallest absolute Gasteiger partial charge is 0.277 e. The Labute approximate surface area is 139 Å². The summed E-state index contributed by atoms with van der Waals surface area (Å²) in [7, 11) is 0. The highest BCUT2D eigenvalue weighted by Crippen LogP contribution is 2.19. The summed E-state index contributed by atoms with van der Waals surface area (Å²) in [5.41, 5.74) is 1.07. The summed E-state index contributed by atoms with van der Waals surface area (Å²) in [6.07, 6.45) is 7.12. The Kier molecular flexibility index (Phi) is 5.47. The summed E-state index contributed by atoms with van der Waals surface area (Å²) in [6.45, 7) is 1.74. The minimum absolute atomic E-state index is 0.147. The molecule has 3 rings (SSSR count). The molecular weight excluding hydrogens is 310 g/mol. The predicted octanol–water partition coefficient (Wildman–Crippen LogP) is 3.34. The number of likely N-dealkylation sites (tertiary alicyclic amines) is 1. The van der Waals surface area contributed by atoms with Crippen LogP contribution in [0.3, 0.4) is 0 Å². The van der Waals surface area contributed by atoms with Crippen LogP contribution in [0.25, 0.3) is 12.2 Å². The molecule has 1 saturated heterocycles. The third-order valence-corrected chi connectivity index (χ3v) is 4.47. The molecule has 120 valence electrons. The van der Waals surface area contributed by atoms with Gasteiger partial charge in [-0.25, -0.2) is 0 Å². The van der Waals surface area contributed by atoms with E-state index in [2.05, 4.69) is 10.2 Å². The highest BCUT2D eigenvalue weighted by atomic mass is 32.2. The van der Waals surface area contributed by atoms with Crippen molar-refractivity contribution in [1.29, 1.82) is 0 Å². The van der Waals surface area contributed by atoms with Crippen LogP contribution < -0.4 is 0 Å². The number of carbonyl (C=O) groups excluding carboxylic acids is 1. The van der Waals surface area contributed by atoms with Gasteiger partial charge >= 0.3 is 0 Å². The zero-order valence-corrected chi connectivity index (χ0v) is 13.7. The lowest BCUT2D eigenvalue weighted by Gasteiger charge is -2.26. The molecular formula is C17H19N3O2S. The van der Waals surface area contributed by atoms with Gasteiger partial charge < -0.3 is 9.32 Å². The van der Waals surface area contributed by atoms with Gasteiger partial charge in [0.25, 0.3) is 5.22 Å². The number of rotatable bonds is 5. The van der Waals surface area contributed by atoms with Crippen molar-refractivity contribution in [2.24, 2.45) is 0 Å². The van der Waals surface area contributed by atoms with Gasteiger partial charge in [0.1, 0.15) is 0 Å². The lowest BCUT2D eigenvalue weighted by Crippen LogP contribution is -2.36. The first-order valence-corrected chi connectivity index (χ1v) is 8.77. The van der Waals surface area contributed by atoms with Gasteiger partial charge in [-0.15, -0.1) is 10.2 Å². The van der Waals surface area contributed by atoms with Gasteiger partial charge in [-0.3, -0.25) is 4.79 Å². The van der Waals surface area contributed by atoms with E-state index in [9.17, 15) is 4.79 Å². The molecule has 0 atom stereocenters. The van der Waals surface area contributed by atoms with Crippen molar-refractivity contribution in [3.05, 3.63) is 41.8 Å². The van der Waals surface area contributed by atoms with Crippen molar-refractivity contribution in [3.63, 3.8) is 0 Å². The number of amides is 1. The Bertz CT molecular complexity index is 663. The second-order valence-corrected chi connectivity index (χ2v) is 6.31. The van der Waals surface area contributed by atoms with E-state index in [1.54, 1.807) is 6.08 Å². The van der Waals surface area contributed by atoms with Crippen molar-refractivity contribution < 1.29 is 9.21 Å². The monoisotopic (exact) mass is 329 g/mol. The maximum atomic E-state index is 12.1. The predicted molar refractivity (Wildman–Crippen MR) is 90.8 cm³/mol. The highest BCUT2D eigenvalue weighted by Gasteiger charge is 2.17. The molecule has 1 fully saturated rings. The van der Waals surface area contributed by atoms with Crippen LogP contribution in [0.2, 0.25) is 0 Å². The second kappa shape index (κ2) is 7.97. The number of nitrogens with zero attached hydrogens (tertiary/aromatic N) is 3. The summed E-state index contributed by atoms with van der Waals surface area (Å²) in [6, 6.07) is 9.92. The number of piperidine rings is 1. The molecule has 1 aliphatic heterocycles. The van der Waals surface area contributed by atoms with Gasteiger partial charge in [-0.1, -0.05) is 42.1 Å². The average Bonchev–Trinajstić information content (AvgIpc) is 3.07. The zero-order chi connectivity index (χ0) is 15.9. The van der Waals surface area contributed by atoms with Gasteiger partial charge in [-0.05, 0) is 30.9 Å². The molecule has 0 saturated carbocycles. The maximum absolute atomic E-state index is 12.1. The Morgan fingerprint density at radius 3 is 2.70 bits per heavy atom. The first kappa shape index (κ1) is 15.8. The molecule has 0 spiro atoms. The molecule has 1 aromatic heterocycles. The van der Waals surface area contributed by atoms with Gasteiger partial charge in [0, 0.05) is 19.2 Å². The molecule has 0 bridgehead atoms. The number of aromatic nitrogens is 2. The molecule has 1 aliphatic rings. The SMILES string of the molecule is O=C(CSc1nnc(/C=C/c2ccccc2)o1)N1CCCCC1. The molecule has 23 heavy (non-hydrogen) atoms. The summed E-state index contributed by atoms with van der Waals surface area (Å²) >= 11 is 1.30. The van der Waals surface area contributed by atoms with E-state index in [0.717, 1.165) is 31.5 Å². The van der Waals surface area contributed by atoms with E-state index in [1.165, 1.54) is 18.2 Å². The van der Waals surface area contributed by atoms with Crippen LogP contribution >= 0.6 is 11.8 Å². The molecule has 0 unspecified atom stereocenters. The molecule has 0 radical (unpaired) electrons. The molecule has 2 aromatic rings. The fourth-order valence-corrected chi connectivity index (χ4v) is 3.11. The van der Waals surface area contributed by atoms with Crippen LogP contribution in [0.1, 0.15) is 30.7 Å². The molecule has 1 amide bonds. The van der Waals surface area contributed by atoms with Crippen LogP contribution in [0.5, 0.6) is 0 Å². The molecule has 5 nitrogen and oxygen atoms in total. The quantitative estimate of drug-likeness (QED) is 0.787. The Balaban J connectivity index is 1.51. The first-order chi connectivity index (χ1) is 11.3. The van der Waals surface area contributed by atoms with E-state index in [4.69, 9.17) is 4.42 Å². The number of hydrogen-bond acceptors (Lipinski definition) is 5. The normalized spacial score (nSPS) is 15.2. The van der Waals surface area contributed by atoms with E-state index < -0.39 is 0 Å².